The van der Waals surface area contributed by atoms with Crippen molar-refractivity contribution in [2.24, 2.45) is 13.0 Å². The van der Waals surface area contributed by atoms with Gasteiger partial charge in [0.2, 0.25) is 0 Å². The van der Waals surface area contributed by atoms with E-state index in [4.69, 9.17) is 9.84 Å². The van der Waals surface area contributed by atoms with E-state index in [-0.39, 0.29) is 18.4 Å². The van der Waals surface area contributed by atoms with Crippen LogP contribution in [0.1, 0.15) is 50.8 Å². The van der Waals surface area contributed by atoms with Crippen LogP contribution >= 0.6 is 0 Å². The van der Waals surface area contributed by atoms with Gasteiger partial charge in [0.15, 0.2) is 12.5 Å². The van der Waals surface area contributed by atoms with Crippen LogP contribution in [-0.4, -0.2) is 69.0 Å². The van der Waals surface area contributed by atoms with Crippen molar-refractivity contribution in [2.75, 3.05) is 33.8 Å². The van der Waals surface area contributed by atoms with E-state index in [2.05, 4.69) is 66.0 Å². The van der Waals surface area contributed by atoms with Crippen molar-refractivity contribution in [1.29, 1.82) is 0 Å². The molecular weight excluding hydrogens is 540 g/mol. The molecule has 0 unspecified atom stereocenters. The van der Waals surface area contributed by atoms with Crippen LogP contribution in [0.5, 0.6) is 11.6 Å². The lowest BCUT2D eigenvalue weighted by Crippen LogP contribution is -2.29. The minimum Gasteiger partial charge on any atom is -0.494 e. The third-order valence-corrected chi connectivity index (χ3v) is 8.56. The van der Waals surface area contributed by atoms with Gasteiger partial charge in [-0.3, -0.25) is 9.48 Å². The van der Waals surface area contributed by atoms with Gasteiger partial charge in [0.25, 0.3) is 5.91 Å². The topological polar surface area (TPSA) is 100 Å². The molecule has 5 aromatic rings. The number of rotatable bonds is 12. The number of aromatic hydroxyl groups is 1. The molecule has 3 heterocycles. The molecule has 1 aliphatic rings. The number of carbonyl (C=O) groups is 1. The van der Waals surface area contributed by atoms with Gasteiger partial charge in [-0.1, -0.05) is 26.7 Å². The molecule has 0 saturated heterocycles. The molecule has 9 nitrogen and oxygen atoms in total. The minimum atomic E-state index is -0.102. The Hall–Kier alpha value is -3.98. The number of nitrogens with one attached hydrogen (secondary N) is 2. The third-order valence-electron chi connectivity index (χ3n) is 8.56. The number of ether oxygens (including phenoxy) is 1. The zero-order valence-corrected chi connectivity index (χ0v) is 26.1. The summed E-state index contributed by atoms with van der Waals surface area (Å²) in [5.74, 6) is 1.18. The fourth-order valence-corrected chi connectivity index (χ4v) is 6.74. The molecule has 1 aliphatic carbocycles. The van der Waals surface area contributed by atoms with Gasteiger partial charge in [0, 0.05) is 65.3 Å². The summed E-state index contributed by atoms with van der Waals surface area (Å²) in [5, 5.41) is 22.8. The number of hydrogen-bond donors (Lipinski definition) is 3. The van der Waals surface area contributed by atoms with Gasteiger partial charge in [0.1, 0.15) is 5.75 Å². The monoisotopic (exact) mass is 584 g/mol. The largest absolute Gasteiger partial charge is 0.494 e. The second kappa shape index (κ2) is 12.0. The summed E-state index contributed by atoms with van der Waals surface area (Å²) >= 11 is 0. The summed E-state index contributed by atoms with van der Waals surface area (Å²) in [6, 6.07) is 6.13. The first-order chi connectivity index (χ1) is 20.7. The van der Waals surface area contributed by atoms with Crippen LogP contribution in [0.4, 0.5) is 0 Å². The Morgan fingerprint density at radius 3 is 2.74 bits per heavy atom. The molecular formula is C34H44N6O3. The maximum atomic E-state index is 12.6. The lowest BCUT2D eigenvalue weighted by molar-refractivity contribution is -0.123. The minimum absolute atomic E-state index is 0.0176. The molecule has 3 N–H and O–H groups in total. The smallest absolute Gasteiger partial charge is 0.257 e. The Morgan fingerprint density at radius 1 is 1.14 bits per heavy atom. The van der Waals surface area contributed by atoms with Crippen molar-refractivity contribution in [3.05, 3.63) is 41.9 Å². The first-order valence-electron chi connectivity index (χ1n) is 15.6. The first-order valence-corrected chi connectivity index (χ1v) is 15.6. The van der Waals surface area contributed by atoms with E-state index >= 15 is 0 Å². The molecule has 9 heteroatoms. The number of fused-ring (bicyclic) bond motifs is 10. The Balaban J connectivity index is 1.32. The first kappa shape index (κ1) is 29.1. The maximum Gasteiger partial charge on any atom is 0.257 e. The number of benzene rings is 2. The van der Waals surface area contributed by atoms with E-state index in [0.717, 1.165) is 82.7 Å². The molecule has 228 valence electrons. The highest BCUT2D eigenvalue weighted by Crippen LogP contribution is 2.49. The van der Waals surface area contributed by atoms with E-state index in [0.29, 0.717) is 18.2 Å². The number of hydrogen-bond acceptors (Lipinski definition) is 5. The number of H-pyrrole nitrogens is 1. The molecule has 2 aromatic carbocycles. The highest BCUT2D eigenvalue weighted by Gasteiger charge is 2.30. The fraction of sp³-hybridized carbons (Fsp3) is 0.471. The summed E-state index contributed by atoms with van der Waals surface area (Å²) in [4.78, 5) is 17.9. The normalized spacial score (nSPS) is 13.0. The highest BCUT2D eigenvalue weighted by atomic mass is 16.5. The summed E-state index contributed by atoms with van der Waals surface area (Å²) in [6.07, 6.45) is 10.1. The number of nitrogens with zero attached hydrogens (tertiary/aromatic N) is 4. The average molecular weight is 585 g/mol. The number of aromatic amines is 1. The van der Waals surface area contributed by atoms with Crippen LogP contribution in [0.3, 0.4) is 0 Å². The van der Waals surface area contributed by atoms with E-state index in [9.17, 15) is 9.90 Å². The van der Waals surface area contributed by atoms with Crippen molar-refractivity contribution in [2.45, 2.75) is 58.9 Å². The molecule has 0 fully saturated rings. The van der Waals surface area contributed by atoms with Crippen LogP contribution in [0.15, 0.2) is 30.6 Å². The number of amides is 1. The quantitative estimate of drug-likeness (QED) is 0.162. The molecule has 0 aliphatic heterocycles. The Kier molecular flexibility index (Phi) is 8.09. The van der Waals surface area contributed by atoms with Gasteiger partial charge in [0.05, 0.1) is 16.6 Å². The lowest BCUT2D eigenvalue weighted by Gasteiger charge is -2.21. The molecule has 0 saturated carbocycles. The van der Waals surface area contributed by atoms with Crippen LogP contribution in [0.2, 0.25) is 0 Å². The number of carbonyl (C=O) groups excluding carboxylic acids is 1. The van der Waals surface area contributed by atoms with Gasteiger partial charge in [-0.2, -0.15) is 5.10 Å². The SMILES string of the molecule is CC(C)Cn1c2ccc(OCC(=O)NCCCCCCN(C)C)cc2c2c3c[nH]c(O)c3c3c(c21)CCc1nn(C)cc1-3. The molecule has 6 rings (SSSR count). The zero-order chi connectivity index (χ0) is 30.2. The predicted molar refractivity (Wildman–Crippen MR) is 173 cm³/mol. The highest BCUT2D eigenvalue weighted by molar-refractivity contribution is 6.26. The molecule has 1 amide bonds. The lowest BCUT2D eigenvalue weighted by atomic mass is 9.85. The predicted octanol–water partition coefficient (Wildman–Crippen LogP) is 5.75. The fourth-order valence-electron chi connectivity index (χ4n) is 6.74. The maximum absolute atomic E-state index is 12.6. The van der Waals surface area contributed by atoms with Crippen LogP contribution < -0.4 is 10.1 Å². The Morgan fingerprint density at radius 2 is 1.95 bits per heavy atom. The standard InChI is InChI=1S/C34H44N6O3/c1-21(2)18-40-28-13-10-22(43-20-29(41)35-14-8-6-7-9-15-38(3)4)16-24(28)31-25-17-36-34(42)32(25)30-23(33(31)40)11-12-27-26(30)19-39(5)37-27/h10,13,16-17,19,21,36,42H,6-9,11-12,14-15,18,20H2,1-5H3,(H,35,41). The van der Waals surface area contributed by atoms with Crippen molar-refractivity contribution in [3.8, 4) is 22.8 Å². The third kappa shape index (κ3) is 5.58. The molecule has 0 spiro atoms. The molecule has 0 radical (unpaired) electrons. The number of aryl methyl sites for hydroxylation is 3. The zero-order valence-electron chi connectivity index (χ0n) is 26.1. The summed E-state index contributed by atoms with van der Waals surface area (Å²) < 4.78 is 10.3. The van der Waals surface area contributed by atoms with Gasteiger partial charge >= 0.3 is 0 Å². The second-order valence-electron chi connectivity index (χ2n) is 12.7. The van der Waals surface area contributed by atoms with Crippen molar-refractivity contribution in [3.63, 3.8) is 0 Å². The molecule has 3 aromatic heterocycles. The summed E-state index contributed by atoms with van der Waals surface area (Å²) in [7, 11) is 6.14. The Bertz CT molecular complexity index is 1790. The van der Waals surface area contributed by atoms with E-state index < -0.39 is 0 Å². The van der Waals surface area contributed by atoms with Crippen LogP contribution in [0, 0.1) is 5.92 Å². The van der Waals surface area contributed by atoms with E-state index in [1.54, 1.807) is 0 Å². The van der Waals surface area contributed by atoms with Gasteiger partial charge in [-0.15, -0.1) is 0 Å². The second-order valence-corrected chi connectivity index (χ2v) is 12.7. The van der Waals surface area contributed by atoms with Crippen molar-refractivity contribution in [1.82, 2.24) is 29.5 Å². The molecule has 0 atom stereocenters. The molecule has 0 bridgehead atoms. The van der Waals surface area contributed by atoms with Crippen LogP contribution in [0.25, 0.3) is 43.7 Å². The van der Waals surface area contributed by atoms with Gasteiger partial charge in [-0.05, 0) is 76.0 Å². The van der Waals surface area contributed by atoms with Crippen molar-refractivity contribution >= 4 is 38.5 Å². The van der Waals surface area contributed by atoms with Crippen molar-refractivity contribution < 1.29 is 14.6 Å². The molecule has 43 heavy (non-hydrogen) atoms. The van der Waals surface area contributed by atoms with E-state index in [1.165, 1.54) is 23.9 Å². The number of unbranched alkanes of at least 4 members (excludes halogenated alkanes) is 3. The Labute approximate surface area is 252 Å². The van der Waals surface area contributed by atoms with Gasteiger partial charge in [-0.25, -0.2) is 0 Å². The average Bonchev–Trinajstić information content (AvgIpc) is 3.63. The summed E-state index contributed by atoms with van der Waals surface area (Å²) in [6.45, 7) is 7.10. The summed E-state index contributed by atoms with van der Waals surface area (Å²) in [5.41, 5.74) is 6.83. The van der Waals surface area contributed by atoms with Gasteiger partial charge < -0.3 is 29.6 Å². The van der Waals surface area contributed by atoms with Crippen LogP contribution in [-0.2, 0) is 31.2 Å². The number of aromatic nitrogens is 4. The van der Waals surface area contributed by atoms with E-state index in [1.807, 2.05) is 24.0 Å².